The number of hydrogen-bond acceptors (Lipinski definition) is 2. The smallest absolute Gasteiger partial charge is 0.255 e. The Labute approximate surface area is 95.4 Å². The minimum Gasteiger partial charge on any atom is -0.255 e. The molecule has 6 heteroatoms. The van der Waals surface area contributed by atoms with Crippen LogP contribution in [0.2, 0.25) is 5.02 Å². The van der Waals surface area contributed by atoms with E-state index in [0.29, 0.717) is 5.56 Å². The maximum Gasteiger partial charge on any atom is 0.280 e. The highest BCUT2D eigenvalue weighted by atomic mass is 35.5. The van der Waals surface area contributed by atoms with Crippen LogP contribution in [-0.4, -0.2) is 4.98 Å². The van der Waals surface area contributed by atoms with E-state index in [0.717, 1.165) is 0 Å². The molecule has 0 saturated carbocycles. The van der Waals surface area contributed by atoms with E-state index in [2.05, 4.69) is 4.98 Å². The fraction of sp³-hybridized carbons (Fsp3) is 0.333. The summed E-state index contributed by atoms with van der Waals surface area (Å²) in [5, 5.41) is 8.58. The first kappa shape index (κ1) is 12.2. The van der Waals surface area contributed by atoms with E-state index >= 15 is 0 Å². The Bertz CT molecular complexity index is 402. The largest absolute Gasteiger partial charge is 0.280 e. The van der Waals surface area contributed by atoms with Gasteiger partial charge in [-0.3, -0.25) is 4.98 Å². The molecular weight excluding hydrogens is 245 g/mol. The molecule has 0 spiro atoms. The maximum atomic E-state index is 12.5. The number of rotatable bonds is 3. The molecule has 0 N–H and O–H groups in total. The Morgan fingerprint density at radius 3 is 2.67 bits per heavy atom. The van der Waals surface area contributed by atoms with Crippen LogP contribution in [0, 0.1) is 11.3 Å². The second kappa shape index (κ2) is 5.24. The Hall–Kier alpha value is -0.920. The molecular formula is C9H6Cl2F2N2. The van der Waals surface area contributed by atoms with Crippen LogP contribution in [0.15, 0.2) is 6.20 Å². The molecule has 0 radical (unpaired) electrons. The lowest BCUT2D eigenvalue weighted by atomic mass is 10.1. The predicted octanol–water partition coefficient (Wildman–Crippen LogP) is 3.48. The number of aromatic nitrogens is 1. The van der Waals surface area contributed by atoms with E-state index in [4.69, 9.17) is 28.5 Å². The highest BCUT2D eigenvalue weighted by molar-refractivity contribution is 6.33. The van der Waals surface area contributed by atoms with Gasteiger partial charge in [-0.15, -0.1) is 11.6 Å². The summed E-state index contributed by atoms with van der Waals surface area (Å²) < 4.78 is 24.9. The van der Waals surface area contributed by atoms with Crippen molar-refractivity contribution >= 4 is 23.2 Å². The second-order valence-electron chi connectivity index (χ2n) is 2.73. The summed E-state index contributed by atoms with van der Waals surface area (Å²) in [4.78, 5) is 3.56. The first-order valence-corrected chi connectivity index (χ1v) is 4.90. The summed E-state index contributed by atoms with van der Waals surface area (Å²) in [6.07, 6.45) is -1.50. The van der Waals surface area contributed by atoms with E-state index in [1.807, 2.05) is 6.07 Å². The zero-order valence-corrected chi connectivity index (χ0v) is 8.99. The van der Waals surface area contributed by atoms with E-state index < -0.39 is 12.1 Å². The number of hydrogen-bond donors (Lipinski definition) is 0. The van der Waals surface area contributed by atoms with Crippen LogP contribution in [-0.2, 0) is 12.3 Å². The van der Waals surface area contributed by atoms with Gasteiger partial charge in [-0.25, -0.2) is 8.78 Å². The Morgan fingerprint density at radius 1 is 1.53 bits per heavy atom. The summed E-state index contributed by atoms with van der Waals surface area (Å²) in [6, 6.07) is 1.87. The average molecular weight is 251 g/mol. The van der Waals surface area contributed by atoms with Crippen LogP contribution in [0.1, 0.15) is 23.2 Å². The standard InChI is InChI=1S/C9H6Cl2F2N2/c10-3-6-7(11)5(1-2-14)4-15-8(6)9(12)13/h4,9H,1,3H2. The van der Waals surface area contributed by atoms with Crippen molar-refractivity contribution in [2.45, 2.75) is 18.7 Å². The van der Waals surface area contributed by atoms with Crippen molar-refractivity contribution in [3.8, 4) is 6.07 Å². The minimum absolute atomic E-state index is 0.0270. The zero-order valence-electron chi connectivity index (χ0n) is 7.48. The SMILES string of the molecule is N#CCc1cnc(C(F)F)c(CCl)c1Cl. The molecule has 0 bridgehead atoms. The molecule has 0 saturated heterocycles. The minimum atomic E-state index is -2.72. The van der Waals surface area contributed by atoms with Gasteiger partial charge in [-0.05, 0) is 0 Å². The number of pyridine rings is 1. The molecule has 0 fully saturated rings. The molecule has 80 valence electrons. The third kappa shape index (κ3) is 2.55. The molecule has 15 heavy (non-hydrogen) atoms. The van der Waals surface area contributed by atoms with Crippen molar-refractivity contribution in [2.75, 3.05) is 0 Å². The summed E-state index contributed by atoms with van der Waals surface area (Å²) in [6.45, 7) is 0. The average Bonchev–Trinajstić information content (AvgIpc) is 2.20. The Balaban J connectivity index is 3.27. The molecule has 0 aliphatic rings. The predicted molar refractivity (Wildman–Crippen MR) is 53.1 cm³/mol. The van der Waals surface area contributed by atoms with E-state index in [9.17, 15) is 8.78 Å². The van der Waals surface area contributed by atoms with Gasteiger partial charge < -0.3 is 0 Å². The van der Waals surface area contributed by atoms with Crippen LogP contribution < -0.4 is 0 Å². The van der Waals surface area contributed by atoms with Crippen molar-refractivity contribution in [1.29, 1.82) is 5.26 Å². The first-order chi connectivity index (χ1) is 7.11. The Kier molecular flexibility index (Phi) is 4.25. The van der Waals surface area contributed by atoms with Gasteiger partial charge in [-0.1, -0.05) is 11.6 Å². The molecule has 1 rings (SSSR count). The molecule has 0 aliphatic heterocycles. The molecule has 0 aliphatic carbocycles. The summed E-state index contributed by atoms with van der Waals surface area (Å²) in [7, 11) is 0. The van der Waals surface area contributed by atoms with E-state index in [1.54, 1.807) is 0 Å². The highest BCUT2D eigenvalue weighted by Crippen LogP contribution is 2.30. The lowest BCUT2D eigenvalue weighted by molar-refractivity contribution is 0.145. The van der Waals surface area contributed by atoms with Gasteiger partial charge in [-0.2, -0.15) is 5.26 Å². The molecule has 0 aromatic carbocycles. The van der Waals surface area contributed by atoms with Gasteiger partial charge in [0.25, 0.3) is 6.43 Å². The third-order valence-electron chi connectivity index (χ3n) is 1.83. The molecule has 1 aromatic rings. The summed E-state index contributed by atoms with van der Waals surface area (Å²) in [5.74, 6) is -0.148. The van der Waals surface area contributed by atoms with Gasteiger partial charge in [0, 0.05) is 17.3 Å². The van der Waals surface area contributed by atoms with Gasteiger partial charge in [0.1, 0.15) is 5.69 Å². The van der Waals surface area contributed by atoms with Crippen molar-refractivity contribution in [3.63, 3.8) is 0 Å². The van der Waals surface area contributed by atoms with Crippen LogP contribution in [0.5, 0.6) is 0 Å². The van der Waals surface area contributed by atoms with Crippen LogP contribution in [0.4, 0.5) is 8.78 Å². The van der Waals surface area contributed by atoms with Gasteiger partial charge in [0.2, 0.25) is 0 Å². The quantitative estimate of drug-likeness (QED) is 0.771. The Morgan fingerprint density at radius 2 is 2.20 bits per heavy atom. The number of nitrogens with zero attached hydrogens (tertiary/aromatic N) is 2. The topological polar surface area (TPSA) is 36.7 Å². The van der Waals surface area contributed by atoms with Crippen LogP contribution in [0.3, 0.4) is 0 Å². The molecule has 0 unspecified atom stereocenters. The zero-order chi connectivity index (χ0) is 11.4. The van der Waals surface area contributed by atoms with Crippen molar-refractivity contribution < 1.29 is 8.78 Å². The van der Waals surface area contributed by atoms with Crippen LogP contribution >= 0.6 is 23.2 Å². The monoisotopic (exact) mass is 250 g/mol. The third-order valence-corrected chi connectivity index (χ3v) is 2.56. The maximum absolute atomic E-state index is 12.5. The van der Waals surface area contributed by atoms with E-state index in [1.165, 1.54) is 6.20 Å². The molecule has 2 nitrogen and oxygen atoms in total. The molecule has 1 heterocycles. The summed E-state index contributed by atoms with van der Waals surface area (Å²) in [5.41, 5.74) is 0.0944. The number of halogens is 4. The summed E-state index contributed by atoms with van der Waals surface area (Å²) >= 11 is 11.3. The highest BCUT2D eigenvalue weighted by Gasteiger charge is 2.18. The van der Waals surface area contributed by atoms with Gasteiger partial charge in [0.05, 0.1) is 23.4 Å². The molecule has 0 atom stereocenters. The lowest BCUT2D eigenvalue weighted by Crippen LogP contribution is -2.01. The van der Waals surface area contributed by atoms with Crippen LogP contribution in [0.25, 0.3) is 0 Å². The van der Waals surface area contributed by atoms with Gasteiger partial charge in [0.15, 0.2) is 0 Å². The van der Waals surface area contributed by atoms with E-state index in [-0.39, 0.29) is 22.9 Å². The lowest BCUT2D eigenvalue weighted by Gasteiger charge is -2.09. The number of nitriles is 1. The van der Waals surface area contributed by atoms with Crippen molar-refractivity contribution in [2.24, 2.45) is 0 Å². The first-order valence-electron chi connectivity index (χ1n) is 3.99. The molecule has 1 aromatic heterocycles. The normalized spacial score (nSPS) is 10.4. The number of alkyl halides is 3. The fourth-order valence-electron chi connectivity index (χ4n) is 1.11. The van der Waals surface area contributed by atoms with Crippen molar-refractivity contribution in [3.05, 3.63) is 28.0 Å². The second-order valence-corrected chi connectivity index (χ2v) is 3.38. The molecule has 0 amide bonds. The fourth-order valence-corrected chi connectivity index (χ4v) is 1.73. The van der Waals surface area contributed by atoms with Crippen molar-refractivity contribution in [1.82, 2.24) is 4.98 Å². The van der Waals surface area contributed by atoms with Gasteiger partial charge >= 0.3 is 0 Å².